The minimum Gasteiger partial charge on any atom is -0.454 e. The summed E-state index contributed by atoms with van der Waals surface area (Å²) in [6.45, 7) is 4.29. The number of hydrogen-bond donors (Lipinski definition) is 1. The van der Waals surface area contributed by atoms with Gasteiger partial charge in [-0.15, -0.1) is 0 Å². The van der Waals surface area contributed by atoms with Crippen LogP contribution in [0.4, 0.5) is 0 Å². The van der Waals surface area contributed by atoms with Gasteiger partial charge in [0.15, 0.2) is 11.5 Å². The number of ether oxygens (including phenoxy) is 2. The van der Waals surface area contributed by atoms with Gasteiger partial charge in [0.25, 0.3) is 0 Å². The summed E-state index contributed by atoms with van der Waals surface area (Å²) in [5.41, 5.74) is 1.77. The molecule has 0 saturated heterocycles. The Morgan fingerprint density at radius 1 is 1.12 bits per heavy atom. The number of rotatable bonds is 5. The van der Waals surface area contributed by atoms with Crippen LogP contribution < -0.4 is 14.8 Å². The van der Waals surface area contributed by atoms with E-state index in [4.69, 9.17) is 9.47 Å². The molecule has 0 spiro atoms. The first kappa shape index (κ1) is 16.1. The van der Waals surface area contributed by atoms with Crippen LogP contribution in [0.3, 0.4) is 0 Å². The van der Waals surface area contributed by atoms with Crippen LogP contribution >= 0.6 is 0 Å². The molecule has 0 fully saturated rings. The number of nitrogens with one attached hydrogen (secondary N) is 1. The van der Waals surface area contributed by atoms with E-state index in [0.717, 1.165) is 17.7 Å². The lowest BCUT2D eigenvalue weighted by molar-refractivity contribution is -0.117. The lowest BCUT2D eigenvalue weighted by Gasteiger charge is -2.25. The van der Waals surface area contributed by atoms with Crippen LogP contribution in [0.2, 0.25) is 0 Å². The molecule has 4 nitrogen and oxygen atoms in total. The Labute approximate surface area is 142 Å². The molecular weight excluding hydrogens is 302 g/mol. The normalized spacial score (nSPS) is 13.2. The smallest absolute Gasteiger partial charge is 0.244 e. The molecule has 2 aromatic carbocycles. The Morgan fingerprint density at radius 3 is 2.67 bits per heavy atom. The first-order chi connectivity index (χ1) is 11.5. The molecule has 1 amide bonds. The Kier molecular flexibility index (Phi) is 4.56. The van der Waals surface area contributed by atoms with Crippen molar-refractivity contribution in [1.29, 1.82) is 0 Å². The Bertz CT molecular complexity index is 751. The Morgan fingerprint density at radius 2 is 1.88 bits per heavy atom. The van der Waals surface area contributed by atoms with E-state index in [-0.39, 0.29) is 18.2 Å². The van der Waals surface area contributed by atoms with Gasteiger partial charge in [-0.3, -0.25) is 4.79 Å². The highest BCUT2D eigenvalue weighted by Gasteiger charge is 2.19. The molecule has 0 aromatic heterocycles. The zero-order valence-corrected chi connectivity index (χ0v) is 13.9. The summed E-state index contributed by atoms with van der Waals surface area (Å²) in [4.78, 5) is 12.2. The van der Waals surface area contributed by atoms with Gasteiger partial charge in [0, 0.05) is 11.6 Å². The molecule has 1 aliphatic rings. The van der Waals surface area contributed by atoms with Crippen molar-refractivity contribution in [3.63, 3.8) is 0 Å². The maximum absolute atomic E-state index is 12.2. The summed E-state index contributed by atoms with van der Waals surface area (Å²) in [6, 6.07) is 15.7. The number of fused-ring (bicyclic) bond motifs is 1. The van der Waals surface area contributed by atoms with E-state index in [2.05, 4.69) is 17.4 Å². The molecule has 3 rings (SSSR count). The minimum absolute atomic E-state index is 0.117. The maximum Gasteiger partial charge on any atom is 0.244 e. The van der Waals surface area contributed by atoms with Crippen LogP contribution in [0.1, 0.15) is 25.0 Å². The fourth-order valence-electron chi connectivity index (χ4n) is 2.71. The Hall–Kier alpha value is -2.75. The van der Waals surface area contributed by atoms with Gasteiger partial charge in [-0.1, -0.05) is 36.4 Å². The number of carbonyl (C=O) groups is 1. The highest BCUT2D eigenvalue weighted by Crippen LogP contribution is 2.32. The van der Waals surface area contributed by atoms with E-state index in [1.165, 1.54) is 5.56 Å². The summed E-state index contributed by atoms with van der Waals surface area (Å²) in [5, 5.41) is 3.05. The lowest BCUT2D eigenvalue weighted by Crippen LogP contribution is -2.44. The topological polar surface area (TPSA) is 47.6 Å². The van der Waals surface area contributed by atoms with Crippen LogP contribution in [0.15, 0.2) is 54.6 Å². The number of amides is 1. The fraction of sp³-hybridized carbons (Fsp3) is 0.250. The van der Waals surface area contributed by atoms with Crippen molar-refractivity contribution in [3.05, 3.63) is 65.7 Å². The molecule has 1 aliphatic heterocycles. The quantitative estimate of drug-likeness (QED) is 0.856. The SMILES string of the molecule is CC(C)(Cc1ccccc1)NC(=O)/C=C/c1ccc2c(c1)OCO2. The van der Waals surface area contributed by atoms with Crippen LogP contribution in [-0.4, -0.2) is 18.2 Å². The van der Waals surface area contributed by atoms with Crippen molar-refractivity contribution in [1.82, 2.24) is 5.32 Å². The van der Waals surface area contributed by atoms with Gasteiger partial charge >= 0.3 is 0 Å². The van der Waals surface area contributed by atoms with E-state index < -0.39 is 0 Å². The third-order valence-electron chi connectivity index (χ3n) is 3.77. The van der Waals surface area contributed by atoms with E-state index in [1.54, 1.807) is 12.2 Å². The minimum atomic E-state index is -0.322. The van der Waals surface area contributed by atoms with Crippen molar-refractivity contribution < 1.29 is 14.3 Å². The molecule has 0 bridgehead atoms. The molecule has 1 heterocycles. The molecule has 0 radical (unpaired) electrons. The standard InChI is InChI=1S/C20H21NO3/c1-20(2,13-16-6-4-3-5-7-16)21-19(22)11-9-15-8-10-17-18(12-15)24-14-23-17/h3-12H,13-14H2,1-2H3,(H,21,22)/b11-9+. The third kappa shape index (κ3) is 4.16. The first-order valence-corrected chi connectivity index (χ1v) is 7.96. The van der Waals surface area contributed by atoms with Gasteiger partial charge in [-0.2, -0.15) is 0 Å². The second-order valence-corrected chi connectivity index (χ2v) is 6.48. The summed E-state index contributed by atoms with van der Waals surface area (Å²) in [5.74, 6) is 1.33. The van der Waals surface area contributed by atoms with Crippen LogP contribution in [0, 0.1) is 0 Å². The molecule has 2 aromatic rings. The van der Waals surface area contributed by atoms with Crippen molar-refractivity contribution in [2.45, 2.75) is 25.8 Å². The summed E-state index contributed by atoms with van der Waals surface area (Å²) < 4.78 is 10.6. The number of hydrogen-bond acceptors (Lipinski definition) is 3. The maximum atomic E-state index is 12.2. The summed E-state index contributed by atoms with van der Waals surface area (Å²) in [7, 11) is 0. The number of carbonyl (C=O) groups excluding carboxylic acids is 1. The van der Waals surface area contributed by atoms with Crippen LogP contribution in [0.5, 0.6) is 11.5 Å². The zero-order chi connectivity index (χ0) is 17.0. The molecule has 0 saturated carbocycles. The van der Waals surface area contributed by atoms with Gasteiger partial charge in [0.05, 0.1) is 0 Å². The van der Waals surface area contributed by atoms with E-state index in [1.807, 2.05) is 50.2 Å². The third-order valence-corrected chi connectivity index (χ3v) is 3.77. The van der Waals surface area contributed by atoms with Crippen molar-refractivity contribution >= 4 is 12.0 Å². The van der Waals surface area contributed by atoms with Crippen molar-refractivity contribution in [3.8, 4) is 11.5 Å². The van der Waals surface area contributed by atoms with Gasteiger partial charge in [0.2, 0.25) is 12.7 Å². The summed E-state index contributed by atoms with van der Waals surface area (Å²) in [6.07, 6.45) is 4.09. The fourth-order valence-corrected chi connectivity index (χ4v) is 2.71. The highest BCUT2D eigenvalue weighted by atomic mass is 16.7. The molecule has 24 heavy (non-hydrogen) atoms. The predicted molar refractivity (Wildman–Crippen MR) is 94.0 cm³/mol. The predicted octanol–water partition coefficient (Wildman–Crippen LogP) is 3.57. The van der Waals surface area contributed by atoms with Gasteiger partial charge in [-0.05, 0) is 49.6 Å². The van der Waals surface area contributed by atoms with E-state index >= 15 is 0 Å². The van der Waals surface area contributed by atoms with E-state index in [0.29, 0.717) is 5.75 Å². The second kappa shape index (κ2) is 6.79. The molecular formula is C20H21NO3. The van der Waals surface area contributed by atoms with Gasteiger partial charge in [0.1, 0.15) is 0 Å². The molecule has 0 atom stereocenters. The average Bonchev–Trinajstić information content (AvgIpc) is 3.00. The largest absolute Gasteiger partial charge is 0.454 e. The molecule has 124 valence electrons. The second-order valence-electron chi connectivity index (χ2n) is 6.48. The molecule has 1 N–H and O–H groups in total. The summed E-state index contributed by atoms with van der Waals surface area (Å²) >= 11 is 0. The van der Waals surface area contributed by atoms with Crippen molar-refractivity contribution in [2.24, 2.45) is 0 Å². The Balaban J connectivity index is 1.60. The van der Waals surface area contributed by atoms with Gasteiger partial charge < -0.3 is 14.8 Å². The molecule has 4 heteroatoms. The molecule has 0 aliphatic carbocycles. The molecule has 0 unspecified atom stereocenters. The first-order valence-electron chi connectivity index (χ1n) is 7.96. The van der Waals surface area contributed by atoms with Gasteiger partial charge in [-0.25, -0.2) is 0 Å². The average molecular weight is 323 g/mol. The monoisotopic (exact) mass is 323 g/mol. The van der Waals surface area contributed by atoms with Crippen molar-refractivity contribution in [2.75, 3.05) is 6.79 Å². The van der Waals surface area contributed by atoms with E-state index in [9.17, 15) is 4.79 Å². The lowest BCUT2D eigenvalue weighted by atomic mass is 9.95. The zero-order valence-electron chi connectivity index (χ0n) is 13.9. The van der Waals surface area contributed by atoms with Crippen LogP contribution in [-0.2, 0) is 11.2 Å². The van der Waals surface area contributed by atoms with Crippen LogP contribution in [0.25, 0.3) is 6.08 Å². The highest BCUT2D eigenvalue weighted by molar-refractivity contribution is 5.92. The number of benzene rings is 2.